The lowest BCUT2D eigenvalue weighted by Crippen LogP contribution is -2.28. The molecule has 24 heavy (non-hydrogen) atoms. The third-order valence-corrected chi connectivity index (χ3v) is 6.52. The standard InChI is InChI=1S/C22H23OP/c1-22(2,3)21-19(23)15-10-16-20(21)24(17-11-6-4-7-12-17)18-13-8-5-9-14-18/h4-16,23H,1-3H3. The van der Waals surface area contributed by atoms with Crippen LogP contribution in [0.3, 0.4) is 0 Å². The van der Waals surface area contributed by atoms with Gasteiger partial charge in [-0.15, -0.1) is 0 Å². The Labute approximate surface area is 145 Å². The fraction of sp³-hybridized carbons (Fsp3) is 0.182. The van der Waals surface area contributed by atoms with Gasteiger partial charge >= 0.3 is 0 Å². The van der Waals surface area contributed by atoms with E-state index in [2.05, 4.69) is 87.5 Å². The molecule has 0 aliphatic carbocycles. The van der Waals surface area contributed by atoms with E-state index in [0.29, 0.717) is 5.75 Å². The molecule has 3 aromatic rings. The van der Waals surface area contributed by atoms with Crippen LogP contribution in [0.2, 0.25) is 0 Å². The van der Waals surface area contributed by atoms with Crippen molar-refractivity contribution in [3.05, 3.63) is 84.4 Å². The summed E-state index contributed by atoms with van der Waals surface area (Å²) < 4.78 is 0. The van der Waals surface area contributed by atoms with Gasteiger partial charge in [-0.05, 0) is 35.3 Å². The summed E-state index contributed by atoms with van der Waals surface area (Å²) in [5.41, 5.74) is 0.925. The first-order valence-corrected chi connectivity index (χ1v) is 9.55. The molecular formula is C22H23OP. The molecule has 0 aromatic heterocycles. The van der Waals surface area contributed by atoms with Gasteiger partial charge in [-0.1, -0.05) is 93.6 Å². The van der Waals surface area contributed by atoms with Gasteiger partial charge in [-0.3, -0.25) is 0 Å². The summed E-state index contributed by atoms with van der Waals surface area (Å²) >= 11 is 0. The molecule has 0 unspecified atom stereocenters. The summed E-state index contributed by atoms with van der Waals surface area (Å²) in [6, 6.07) is 27.2. The number of rotatable bonds is 3. The van der Waals surface area contributed by atoms with Gasteiger partial charge in [0, 0.05) is 5.56 Å². The molecular weight excluding hydrogens is 311 g/mol. The zero-order valence-corrected chi connectivity index (χ0v) is 15.3. The van der Waals surface area contributed by atoms with Gasteiger partial charge in [0.1, 0.15) is 5.75 Å². The molecule has 0 saturated heterocycles. The Kier molecular flexibility index (Phi) is 4.73. The van der Waals surface area contributed by atoms with E-state index in [4.69, 9.17) is 0 Å². The topological polar surface area (TPSA) is 20.2 Å². The number of hydrogen-bond acceptors (Lipinski definition) is 1. The number of benzene rings is 3. The molecule has 3 aromatic carbocycles. The number of phenolic OH excluding ortho intramolecular Hbond substituents is 1. The fourth-order valence-corrected chi connectivity index (χ4v) is 5.77. The molecule has 2 heteroatoms. The SMILES string of the molecule is CC(C)(C)c1c(O)cccc1P(c1ccccc1)c1ccccc1. The van der Waals surface area contributed by atoms with Crippen LogP contribution in [0.4, 0.5) is 0 Å². The minimum absolute atomic E-state index is 0.120. The van der Waals surface area contributed by atoms with E-state index in [9.17, 15) is 5.11 Å². The normalized spacial score (nSPS) is 11.7. The van der Waals surface area contributed by atoms with Crippen molar-refractivity contribution >= 4 is 23.8 Å². The Morgan fingerprint density at radius 1 is 0.667 bits per heavy atom. The number of hydrogen-bond donors (Lipinski definition) is 1. The summed E-state index contributed by atoms with van der Waals surface area (Å²) in [6.07, 6.45) is 0. The Balaban J connectivity index is 2.27. The first-order chi connectivity index (χ1) is 11.5. The molecule has 1 nitrogen and oxygen atoms in total. The van der Waals surface area contributed by atoms with Crippen molar-refractivity contribution in [1.29, 1.82) is 0 Å². The van der Waals surface area contributed by atoms with Crippen LogP contribution in [-0.2, 0) is 5.41 Å². The molecule has 0 amide bonds. The third-order valence-electron chi connectivity index (χ3n) is 4.04. The Morgan fingerprint density at radius 3 is 1.62 bits per heavy atom. The molecule has 0 aliphatic heterocycles. The number of phenols is 1. The summed E-state index contributed by atoms with van der Waals surface area (Å²) in [7, 11) is -0.707. The van der Waals surface area contributed by atoms with Crippen LogP contribution in [0.1, 0.15) is 26.3 Å². The number of aromatic hydroxyl groups is 1. The van der Waals surface area contributed by atoms with E-state index in [1.54, 1.807) is 6.07 Å². The monoisotopic (exact) mass is 334 g/mol. The predicted octanol–water partition coefficient (Wildman–Crippen LogP) is 4.45. The van der Waals surface area contributed by atoms with Crippen LogP contribution < -0.4 is 15.9 Å². The second-order valence-corrected chi connectivity index (χ2v) is 9.11. The van der Waals surface area contributed by atoms with Crippen molar-refractivity contribution in [2.45, 2.75) is 26.2 Å². The highest BCUT2D eigenvalue weighted by atomic mass is 31.1. The summed E-state index contributed by atoms with van der Waals surface area (Å²) in [4.78, 5) is 0. The lowest BCUT2D eigenvalue weighted by atomic mass is 9.86. The molecule has 3 rings (SSSR count). The quantitative estimate of drug-likeness (QED) is 0.702. The van der Waals surface area contributed by atoms with Gasteiger partial charge < -0.3 is 5.11 Å². The molecule has 0 saturated carbocycles. The fourth-order valence-electron chi connectivity index (χ4n) is 3.06. The third kappa shape index (κ3) is 3.37. The van der Waals surface area contributed by atoms with Gasteiger partial charge in [0.05, 0.1) is 0 Å². The molecule has 0 spiro atoms. The van der Waals surface area contributed by atoms with Crippen molar-refractivity contribution in [2.75, 3.05) is 0 Å². The van der Waals surface area contributed by atoms with Crippen molar-refractivity contribution in [3.8, 4) is 5.75 Å². The lowest BCUT2D eigenvalue weighted by Gasteiger charge is -2.29. The molecule has 0 atom stereocenters. The Morgan fingerprint density at radius 2 is 1.17 bits per heavy atom. The van der Waals surface area contributed by atoms with Crippen molar-refractivity contribution in [3.63, 3.8) is 0 Å². The van der Waals surface area contributed by atoms with E-state index >= 15 is 0 Å². The maximum absolute atomic E-state index is 10.6. The average molecular weight is 334 g/mol. The van der Waals surface area contributed by atoms with Crippen LogP contribution in [0.15, 0.2) is 78.9 Å². The van der Waals surface area contributed by atoms with E-state index in [1.807, 2.05) is 6.07 Å². The van der Waals surface area contributed by atoms with Crippen molar-refractivity contribution in [2.24, 2.45) is 0 Å². The Bertz CT molecular complexity index is 765. The van der Waals surface area contributed by atoms with E-state index in [-0.39, 0.29) is 5.41 Å². The zero-order chi connectivity index (χ0) is 17.2. The van der Waals surface area contributed by atoms with Crippen molar-refractivity contribution < 1.29 is 5.11 Å². The minimum Gasteiger partial charge on any atom is -0.508 e. The van der Waals surface area contributed by atoms with Gasteiger partial charge in [0.25, 0.3) is 0 Å². The molecule has 0 bridgehead atoms. The highest BCUT2D eigenvalue weighted by molar-refractivity contribution is 7.79. The largest absolute Gasteiger partial charge is 0.508 e. The van der Waals surface area contributed by atoms with Gasteiger partial charge in [0.15, 0.2) is 0 Å². The smallest absolute Gasteiger partial charge is 0.119 e. The first kappa shape index (κ1) is 16.7. The second kappa shape index (κ2) is 6.79. The minimum atomic E-state index is -0.707. The lowest BCUT2D eigenvalue weighted by molar-refractivity contribution is 0.448. The summed E-state index contributed by atoms with van der Waals surface area (Å²) in [5.74, 6) is 0.388. The molecule has 1 N–H and O–H groups in total. The van der Waals surface area contributed by atoms with Crippen LogP contribution in [0.25, 0.3) is 0 Å². The van der Waals surface area contributed by atoms with Gasteiger partial charge in [-0.25, -0.2) is 0 Å². The van der Waals surface area contributed by atoms with Crippen LogP contribution >= 0.6 is 7.92 Å². The molecule has 0 radical (unpaired) electrons. The Hall–Kier alpha value is -2.11. The molecule has 0 fully saturated rings. The van der Waals surface area contributed by atoms with Crippen LogP contribution in [0, 0.1) is 0 Å². The van der Waals surface area contributed by atoms with Crippen molar-refractivity contribution in [1.82, 2.24) is 0 Å². The van der Waals surface area contributed by atoms with E-state index in [1.165, 1.54) is 15.9 Å². The van der Waals surface area contributed by atoms with Gasteiger partial charge in [-0.2, -0.15) is 0 Å². The maximum Gasteiger partial charge on any atom is 0.119 e. The maximum atomic E-state index is 10.6. The highest BCUT2D eigenvalue weighted by Gasteiger charge is 2.27. The van der Waals surface area contributed by atoms with Crippen LogP contribution in [-0.4, -0.2) is 5.11 Å². The first-order valence-electron chi connectivity index (χ1n) is 8.21. The summed E-state index contributed by atoms with van der Waals surface area (Å²) in [5, 5.41) is 14.4. The van der Waals surface area contributed by atoms with Gasteiger partial charge in [0.2, 0.25) is 0 Å². The van der Waals surface area contributed by atoms with E-state index in [0.717, 1.165) is 5.56 Å². The summed E-state index contributed by atoms with van der Waals surface area (Å²) in [6.45, 7) is 6.49. The molecule has 0 heterocycles. The molecule has 122 valence electrons. The van der Waals surface area contributed by atoms with E-state index < -0.39 is 7.92 Å². The van der Waals surface area contributed by atoms with Crippen LogP contribution in [0.5, 0.6) is 5.75 Å². The zero-order valence-electron chi connectivity index (χ0n) is 14.4. The molecule has 0 aliphatic rings. The average Bonchev–Trinajstić information content (AvgIpc) is 2.56. The highest BCUT2D eigenvalue weighted by Crippen LogP contribution is 2.40. The second-order valence-electron chi connectivity index (χ2n) is 6.93. The predicted molar refractivity (Wildman–Crippen MR) is 106 cm³/mol.